The highest BCUT2D eigenvalue weighted by Crippen LogP contribution is 2.27. The van der Waals surface area contributed by atoms with Crippen molar-refractivity contribution < 1.29 is 12.8 Å². The Morgan fingerprint density at radius 1 is 1.24 bits per heavy atom. The zero-order valence-electron chi connectivity index (χ0n) is 13.1. The predicted octanol–water partition coefficient (Wildman–Crippen LogP) is 2.16. The molecule has 1 aromatic carbocycles. The molecule has 0 spiro atoms. The summed E-state index contributed by atoms with van der Waals surface area (Å²) in [4.78, 5) is 2.31. The highest BCUT2D eigenvalue weighted by molar-refractivity contribution is 7.89. The Morgan fingerprint density at radius 2 is 1.81 bits per heavy atom. The number of piperidine rings is 1. The Hall–Kier alpha value is -0.980. The van der Waals surface area contributed by atoms with E-state index >= 15 is 0 Å². The van der Waals surface area contributed by atoms with Gasteiger partial charge < -0.3 is 4.90 Å². The Balaban J connectivity index is 2.39. The van der Waals surface area contributed by atoms with Crippen LogP contribution in [0.3, 0.4) is 0 Å². The van der Waals surface area contributed by atoms with E-state index in [1.165, 1.54) is 16.4 Å². The van der Waals surface area contributed by atoms with E-state index < -0.39 is 15.8 Å². The molecule has 1 atom stereocenters. The first-order valence-corrected chi connectivity index (χ1v) is 8.61. The molecule has 0 aliphatic carbocycles. The average molecular weight is 314 g/mol. The van der Waals surface area contributed by atoms with Gasteiger partial charge in [-0.3, -0.25) is 0 Å². The minimum absolute atomic E-state index is 0.231. The number of aryl methyl sites for hydroxylation is 2. The Kier molecular flexibility index (Phi) is 4.70. The van der Waals surface area contributed by atoms with Gasteiger partial charge in [-0.25, -0.2) is 12.8 Å². The largest absolute Gasteiger partial charge is 0.305 e. The van der Waals surface area contributed by atoms with Crippen LogP contribution in [0, 0.1) is 19.7 Å². The maximum absolute atomic E-state index is 13.4. The van der Waals surface area contributed by atoms with E-state index in [2.05, 4.69) is 4.90 Å². The molecule has 1 aliphatic rings. The highest BCUT2D eigenvalue weighted by atomic mass is 32.2. The molecular formula is C15H23FN2O2S. The number of rotatable bonds is 3. The summed E-state index contributed by atoms with van der Waals surface area (Å²) in [5, 5.41) is 0. The van der Waals surface area contributed by atoms with Crippen molar-refractivity contribution in [2.75, 3.05) is 27.2 Å². The van der Waals surface area contributed by atoms with Gasteiger partial charge in [-0.1, -0.05) is 0 Å². The molecule has 1 fully saturated rings. The third-order valence-corrected chi connectivity index (χ3v) is 6.28. The fourth-order valence-electron chi connectivity index (χ4n) is 2.99. The van der Waals surface area contributed by atoms with E-state index in [-0.39, 0.29) is 10.9 Å². The van der Waals surface area contributed by atoms with Gasteiger partial charge in [0.1, 0.15) is 5.82 Å². The second-order valence-corrected chi connectivity index (χ2v) is 7.87. The lowest BCUT2D eigenvalue weighted by Gasteiger charge is -2.35. The molecule has 0 radical (unpaired) electrons. The number of benzene rings is 1. The van der Waals surface area contributed by atoms with E-state index in [4.69, 9.17) is 0 Å². The van der Waals surface area contributed by atoms with Gasteiger partial charge in [0.25, 0.3) is 0 Å². The molecule has 2 rings (SSSR count). The molecule has 0 saturated carbocycles. The standard InChI is InChI=1S/C15H23FN2O2S/c1-11-8-13(16)9-12(2)15(11)21(19,20)18-7-5-6-14(10-18)17(3)4/h8-9,14H,5-7,10H2,1-4H3. The quantitative estimate of drug-likeness (QED) is 0.858. The number of halogens is 1. The van der Waals surface area contributed by atoms with Crippen LogP contribution in [0.4, 0.5) is 4.39 Å². The molecule has 1 unspecified atom stereocenters. The van der Waals surface area contributed by atoms with E-state index in [0.29, 0.717) is 24.2 Å². The van der Waals surface area contributed by atoms with Crippen LogP contribution in [0.15, 0.2) is 17.0 Å². The summed E-state index contributed by atoms with van der Waals surface area (Å²) >= 11 is 0. The van der Waals surface area contributed by atoms with Crippen LogP contribution in [0.25, 0.3) is 0 Å². The summed E-state index contributed by atoms with van der Waals surface area (Å²) in [5.41, 5.74) is 0.943. The van der Waals surface area contributed by atoms with Gasteiger partial charge in [0.15, 0.2) is 0 Å². The molecule has 1 aliphatic heterocycles. The lowest BCUT2D eigenvalue weighted by Crippen LogP contribution is -2.47. The van der Waals surface area contributed by atoms with Crippen LogP contribution < -0.4 is 0 Å². The fourth-order valence-corrected chi connectivity index (χ4v) is 4.92. The zero-order chi connectivity index (χ0) is 15.8. The van der Waals surface area contributed by atoms with E-state index in [0.717, 1.165) is 12.8 Å². The molecule has 0 amide bonds. The van der Waals surface area contributed by atoms with Crippen molar-refractivity contribution in [3.8, 4) is 0 Å². The molecule has 0 N–H and O–H groups in total. The normalized spacial score (nSPS) is 21.0. The van der Waals surface area contributed by atoms with Gasteiger partial charge in [0, 0.05) is 19.1 Å². The fraction of sp³-hybridized carbons (Fsp3) is 0.600. The van der Waals surface area contributed by atoms with Gasteiger partial charge in [-0.2, -0.15) is 4.31 Å². The molecule has 0 aromatic heterocycles. The van der Waals surface area contributed by atoms with Crippen LogP contribution in [0.2, 0.25) is 0 Å². The zero-order valence-corrected chi connectivity index (χ0v) is 13.9. The monoisotopic (exact) mass is 314 g/mol. The molecule has 1 aromatic rings. The van der Waals surface area contributed by atoms with Crippen LogP contribution in [0.1, 0.15) is 24.0 Å². The van der Waals surface area contributed by atoms with Crippen molar-refractivity contribution in [3.05, 3.63) is 29.1 Å². The van der Waals surface area contributed by atoms with Crippen LogP contribution in [0.5, 0.6) is 0 Å². The van der Waals surface area contributed by atoms with Crippen LogP contribution in [-0.2, 0) is 10.0 Å². The summed E-state index contributed by atoms with van der Waals surface area (Å²) in [6, 6.07) is 2.80. The predicted molar refractivity (Wildman–Crippen MR) is 81.3 cm³/mol. The first kappa shape index (κ1) is 16.4. The minimum Gasteiger partial charge on any atom is -0.305 e. The number of hydrogen-bond acceptors (Lipinski definition) is 3. The maximum atomic E-state index is 13.4. The van der Waals surface area contributed by atoms with Crippen molar-refractivity contribution in [1.29, 1.82) is 0 Å². The number of likely N-dealkylation sites (N-methyl/N-ethyl adjacent to an activating group) is 1. The summed E-state index contributed by atoms with van der Waals surface area (Å²) in [6.45, 7) is 4.32. The van der Waals surface area contributed by atoms with E-state index in [1.54, 1.807) is 13.8 Å². The molecule has 21 heavy (non-hydrogen) atoms. The Bertz CT molecular complexity index is 606. The number of nitrogens with zero attached hydrogens (tertiary/aromatic N) is 2. The molecular weight excluding hydrogens is 291 g/mol. The number of hydrogen-bond donors (Lipinski definition) is 0. The van der Waals surface area contributed by atoms with Crippen LogP contribution >= 0.6 is 0 Å². The van der Waals surface area contributed by atoms with Gasteiger partial charge in [0.05, 0.1) is 4.90 Å². The SMILES string of the molecule is Cc1cc(F)cc(C)c1S(=O)(=O)N1CCCC(N(C)C)C1. The van der Waals surface area contributed by atoms with Crippen molar-refractivity contribution in [1.82, 2.24) is 9.21 Å². The summed E-state index contributed by atoms with van der Waals surface area (Å²) in [7, 11) is 0.368. The van der Waals surface area contributed by atoms with Crippen molar-refractivity contribution in [2.45, 2.75) is 37.6 Å². The Labute approximate surface area is 126 Å². The third kappa shape index (κ3) is 3.27. The summed E-state index contributed by atoms with van der Waals surface area (Å²) in [6.07, 6.45) is 1.85. The molecule has 0 bridgehead atoms. The van der Waals surface area contributed by atoms with Crippen molar-refractivity contribution >= 4 is 10.0 Å². The van der Waals surface area contributed by atoms with Gasteiger partial charge in [-0.05, 0) is 64.0 Å². The minimum atomic E-state index is -3.57. The van der Waals surface area contributed by atoms with Gasteiger partial charge in [-0.15, -0.1) is 0 Å². The topological polar surface area (TPSA) is 40.6 Å². The molecule has 118 valence electrons. The van der Waals surface area contributed by atoms with Crippen molar-refractivity contribution in [3.63, 3.8) is 0 Å². The summed E-state index contributed by atoms with van der Waals surface area (Å²) < 4.78 is 40.7. The van der Waals surface area contributed by atoms with E-state index in [1.807, 2.05) is 14.1 Å². The first-order chi connectivity index (χ1) is 9.73. The van der Waals surface area contributed by atoms with Gasteiger partial charge in [0.2, 0.25) is 10.0 Å². The van der Waals surface area contributed by atoms with E-state index in [9.17, 15) is 12.8 Å². The van der Waals surface area contributed by atoms with Gasteiger partial charge >= 0.3 is 0 Å². The van der Waals surface area contributed by atoms with Crippen LogP contribution in [-0.4, -0.2) is 50.8 Å². The number of sulfonamides is 1. The lowest BCUT2D eigenvalue weighted by molar-refractivity contribution is 0.190. The Morgan fingerprint density at radius 3 is 2.33 bits per heavy atom. The third-order valence-electron chi connectivity index (χ3n) is 4.11. The maximum Gasteiger partial charge on any atom is 0.243 e. The smallest absolute Gasteiger partial charge is 0.243 e. The molecule has 6 heteroatoms. The summed E-state index contributed by atoms with van der Waals surface area (Å²) in [5.74, 6) is -0.395. The van der Waals surface area contributed by atoms with Crippen molar-refractivity contribution in [2.24, 2.45) is 0 Å². The molecule has 1 heterocycles. The first-order valence-electron chi connectivity index (χ1n) is 7.17. The second kappa shape index (κ2) is 6.02. The molecule has 1 saturated heterocycles. The highest BCUT2D eigenvalue weighted by Gasteiger charge is 2.33. The lowest BCUT2D eigenvalue weighted by atomic mass is 10.1. The second-order valence-electron chi connectivity index (χ2n) is 5.99. The molecule has 4 nitrogen and oxygen atoms in total. The average Bonchev–Trinajstić information content (AvgIpc) is 2.37.